The minimum atomic E-state index is -4.47. The first-order valence-electron chi connectivity index (χ1n) is 9.95. The van der Waals surface area contributed by atoms with E-state index in [1.807, 2.05) is 31.2 Å². The molecule has 1 amide bonds. The lowest BCUT2D eigenvalue weighted by Crippen LogP contribution is -2.13. The molecule has 0 bridgehead atoms. The molecule has 33 heavy (non-hydrogen) atoms. The Labute approximate surface area is 187 Å². The molecule has 0 saturated heterocycles. The summed E-state index contributed by atoms with van der Waals surface area (Å²) in [7, 11) is 0. The van der Waals surface area contributed by atoms with Crippen LogP contribution in [0, 0.1) is 13.8 Å². The smallest absolute Gasteiger partial charge is 0.416 e. The minimum Gasteiger partial charge on any atom is -0.439 e. The molecule has 0 unspecified atom stereocenters. The Morgan fingerprint density at radius 3 is 2.45 bits per heavy atom. The zero-order valence-electron chi connectivity index (χ0n) is 17.7. The number of imidazole rings is 1. The van der Waals surface area contributed by atoms with E-state index in [4.69, 9.17) is 4.74 Å². The van der Waals surface area contributed by atoms with E-state index in [0.29, 0.717) is 23.0 Å². The van der Waals surface area contributed by atoms with E-state index in [9.17, 15) is 18.0 Å². The van der Waals surface area contributed by atoms with Crippen molar-refractivity contribution in [3.05, 3.63) is 89.4 Å². The number of pyridine rings is 1. The number of nitrogens with one attached hydrogen (secondary N) is 2. The fourth-order valence-corrected chi connectivity index (χ4v) is 3.09. The maximum Gasteiger partial charge on any atom is 0.416 e. The van der Waals surface area contributed by atoms with Crippen LogP contribution in [0.15, 0.2) is 66.9 Å². The van der Waals surface area contributed by atoms with Gasteiger partial charge < -0.3 is 15.0 Å². The molecule has 168 valence electrons. The zero-order valence-corrected chi connectivity index (χ0v) is 17.7. The number of H-pyrrole nitrogens is 1. The van der Waals surface area contributed by atoms with Crippen molar-refractivity contribution in [2.24, 2.45) is 0 Å². The van der Waals surface area contributed by atoms with E-state index >= 15 is 0 Å². The number of benzene rings is 2. The molecule has 0 radical (unpaired) electrons. The van der Waals surface area contributed by atoms with Crippen molar-refractivity contribution in [2.45, 2.75) is 20.0 Å². The number of carbonyl (C=O) groups excluding carboxylic acids is 1. The Morgan fingerprint density at radius 1 is 1.03 bits per heavy atom. The molecule has 0 atom stereocenters. The van der Waals surface area contributed by atoms with Crippen LogP contribution in [0.2, 0.25) is 0 Å². The van der Waals surface area contributed by atoms with Gasteiger partial charge in [-0.2, -0.15) is 13.2 Å². The topological polar surface area (TPSA) is 79.9 Å². The van der Waals surface area contributed by atoms with E-state index in [1.165, 1.54) is 18.3 Å². The van der Waals surface area contributed by atoms with Gasteiger partial charge in [0.25, 0.3) is 5.91 Å². The number of rotatable bonds is 5. The van der Waals surface area contributed by atoms with Crippen molar-refractivity contribution in [1.82, 2.24) is 15.0 Å². The van der Waals surface area contributed by atoms with Gasteiger partial charge in [-0.1, -0.05) is 29.8 Å². The molecule has 6 nitrogen and oxygen atoms in total. The van der Waals surface area contributed by atoms with Crippen molar-refractivity contribution in [3.63, 3.8) is 0 Å². The van der Waals surface area contributed by atoms with Crippen LogP contribution < -0.4 is 10.1 Å². The third kappa shape index (κ3) is 5.20. The summed E-state index contributed by atoms with van der Waals surface area (Å²) in [5.74, 6) is 0.651. The van der Waals surface area contributed by atoms with Gasteiger partial charge in [0.15, 0.2) is 0 Å². The van der Waals surface area contributed by atoms with Crippen LogP contribution in [-0.2, 0) is 6.18 Å². The molecule has 0 aliphatic heterocycles. The molecular weight excluding hydrogens is 433 g/mol. The molecule has 2 heterocycles. The van der Waals surface area contributed by atoms with Gasteiger partial charge in [-0.3, -0.25) is 4.79 Å². The molecule has 9 heteroatoms. The number of carbonyl (C=O) groups is 1. The first-order valence-corrected chi connectivity index (χ1v) is 9.95. The summed E-state index contributed by atoms with van der Waals surface area (Å²) in [5.41, 5.74) is 1.46. The highest BCUT2D eigenvalue weighted by molar-refractivity contribution is 6.04. The monoisotopic (exact) mass is 452 g/mol. The third-order valence-electron chi connectivity index (χ3n) is 4.80. The van der Waals surface area contributed by atoms with E-state index in [1.54, 1.807) is 19.1 Å². The van der Waals surface area contributed by atoms with Gasteiger partial charge in [0.1, 0.15) is 17.3 Å². The van der Waals surface area contributed by atoms with Gasteiger partial charge in [0, 0.05) is 17.3 Å². The summed E-state index contributed by atoms with van der Waals surface area (Å²) in [6.45, 7) is 3.60. The molecule has 2 N–H and O–H groups in total. The number of aromatic amines is 1. The maximum absolute atomic E-state index is 13.0. The van der Waals surface area contributed by atoms with Crippen molar-refractivity contribution < 1.29 is 22.7 Å². The highest BCUT2D eigenvalue weighted by Crippen LogP contribution is 2.31. The van der Waals surface area contributed by atoms with Crippen LogP contribution in [0.3, 0.4) is 0 Å². The van der Waals surface area contributed by atoms with Crippen LogP contribution in [0.25, 0.3) is 11.4 Å². The number of aryl methyl sites for hydroxylation is 2. The quantitative estimate of drug-likeness (QED) is 0.381. The molecule has 4 aromatic rings. The molecule has 4 rings (SSSR count). The van der Waals surface area contributed by atoms with Crippen molar-refractivity contribution in [2.75, 3.05) is 5.32 Å². The Balaban J connectivity index is 1.47. The number of hydrogen-bond donors (Lipinski definition) is 2. The van der Waals surface area contributed by atoms with Gasteiger partial charge in [0.2, 0.25) is 5.88 Å². The summed E-state index contributed by atoms with van der Waals surface area (Å²) in [4.78, 5) is 23.9. The average Bonchev–Trinajstić information content (AvgIpc) is 3.18. The maximum atomic E-state index is 13.0. The number of halogens is 3. The van der Waals surface area contributed by atoms with Gasteiger partial charge >= 0.3 is 6.18 Å². The van der Waals surface area contributed by atoms with Crippen LogP contribution in [0.5, 0.6) is 11.6 Å². The predicted octanol–water partition coefficient (Wildman–Crippen LogP) is 6.15. The van der Waals surface area contributed by atoms with E-state index in [2.05, 4.69) is 20.3 Å². The SMILES string of the molecule is Cc1ccc(Oc2ccc(NC(=O)c3nc(-c4cccc(C(F)(F)F)c4)[nH]c3C)cn2)cc1. The first-order chi connectivity index (χ1) is 15.7. The number of alkyl halides is 3. The lowest BCUT2D eigenvalue weighted by molar-refractivity contribution is -0.137. The molecule has 2 aromatic carbocycles. The summed E-state index contributed by atoms with van der Waals surface area (Å²) in [5, 5.41) is 2.68. The van der Waals surface area contributed by atoms with Gasteiger partial charge in [-0.25, -0.2) is 9.97 Å². The normalized spacial score (nSPS) is 11.3. The summed E-state index contributed by atoms with van der Waals surface area (Å²) in [6, 6.07) is 15.5. The van der Waals surface area contributed by atoms with Crippen LogP contribution in [0.4, 0.5) is 18.9 Å². The van der Waals surface area contributed by atoms with Gasteiger partial charge in [0.05, 0.1) is 17.4 Å². The largest absolute Gasteiger partial charge is 0.439 e. The standard InChI is InChI=1S/C24H19F3N4O2/c1-14-6-9-19(10-7-14)33-20-11-8-18(13-28-20)30-23(32)21-15(2)29-22(31-21)16-4-3-5-17(12-16)24(25,26)27/h3-13H,1-2H3,(H,29,31)(H,30,32). The number of anilines is 1. The van der Waals surface area contributed by atoms with E-state index in [-0.39, 0.29) is 17.1 Å². The fourth-order valence-electron chi connectivity index (χ4n) is 3.09. The Kier molecular flexibility index (Phi) is 5.87. The van der Waals surface area contributed by atoms with Crippen LogP contribution >= 0.6 is 0 Å². The van der Waals surface area contributed by atoms with Crippen molar-refractivity contribution in [3.8, 4) is 23.0 Å². The van der Waals surface area contributed by atoms with E-state index in [0.717, 1.165) is 17.7 Å². The number of amides is 1. The van der Waals surface area contributed by atoms with E-state index < -0.39 is 17.6 Å². The molecule has 0 aliphatic carbocycles. The molecule has 0 spiro atoms. The number of aromatic nitrogens is 3. The number of hydrogen-bond acceptors (Lipinski definition) is 4. The average molecular weight is 452 g/mol. The molecule has 2 aromatic heterocycles. The molecular formula is C24H19F3N4O2. The van der Waals surface area contributed by atoms with Crippen molar-refractivity contribution >= 4 is 11.6 Å². The second-order valence-electron chi connectivity index (χ2n) is 7.39. The van der Waals surface area contributed by atoms with Gasteiger partial charge in [-0.15, -0.1) is 0 Å². The number of ether oxygens (including phenoxy) is 1. The Morgan fingerprint density at radius 2 is 1.79 bits per heavy atom. The first kappa shape index (κ1) is 22.1. The lowest BCUT2D eigenvalue weighted by Gasteiger charge is -2.07. The fraction of sp³-hybridized carbons (Fsp3) is 0.125. The molecule has 0 aliphatic rings. The second-order valence-corrected chi connectivity index (χ2v) is 7.39. The summed E-state index contributed by atoms with van der Waals surface area (Å²) >= 11 is 0. The lowest BCUT2D eigenvalue weighted by atomic mass is 10.1. The zero-order chi connectivity index (χ0) is 23.6. The Hall–Kier alpha value is -4.14. The summed E-state index contributed by atoms with van der Waals surface area (Å²) < 4.78 is 44.6. The van der Waals surface area contributed by atoms with Gasteiger partial charge in [-0.05, 0) is 44.2 Å². The van der Waals surface area contributed by atoms with Crippen LogP contribution in [-0.4, -0.2) is 20.9 Å². The highest BCUT2D eigenvalue weighted by atomic mass is 19.4. The van der Waals surface area contributed by atoms with Crippen LogP contribution in [0.1, 0.15) is 27.3 Å². The highest BCUT2D eigenvalue weighted by Gasteiger charge is 2.30. The minimum absolute atomic E-state index is 0.0717. The second kappa shape index (κ2) is 8.78. The Bertz CT molecular complexity index is 1280. The molecule has 0 saturated carbocycles. The summed E-state index contributed by atoms with van der Waals surface area (Å²) in [6.07, 6.45) is -3.03. The number of nitrogens with zero attached hydrogens (tertiary/aromatic N) is 2. The van der Waals surface area contributed by atoms with Crippen molar-refractivity contribution in [1.29, 1.82) is 0 Å². The molecule has 0 fully saturated rings. The predicted molar refractivity (Wildman–Crippen MR) is 117 cm³/mol. The third-order valence-corrected chi connectivity index (χ3v) is 4.80.